The lowest BCUT2D eigenvalue weighted by molar-refractivity contribution is -0.134. The Morgan fingerprint density at radius 2 is 2.20 bits per heavy atom. The van der Waals surface area contributed by atoms with Crippen LogP contribution in [0.2, 0.25) is 0 Å². The molecule has 0 N–H and O–H groups in total. The Hall–Kier alpha value is -1.54. The number of pyridine rings is 1. The van der Waals surface area contributed by atoms with Gasteiger partial charge >= 0.3 is 0 Å². The van der Waals surface area contributed by atoms with Gasteiger partial charge in [0.25, 0.3) is 0 Å². The highest BCUT2D eigenvalue weighted by molar-refractivity contribution is 8.00. The molecule has 2 aliphatic rings. The zero-order valence-electron chi connectivity index (χ0n) is 15.3. The number of aryl methyl sites for hydroxylation is 2. The molecule has 1 aliphatic heterocycles. The SMILES string of the molecule is CCC1CCCCN1C(=O)C(C)Sc1nc2c(cc1C#N)CCCC2. The van der Waals surface area contributed by atoms with E-state index in [-0.39, 0.29) is 11.2 Å². The molecule has 2 heterocycles. The third-order valence-corrected chi connectivity index (χ3v) is 6.49. The highest BCUT2D eigenvalue weighted by Gasteiger charge is 2.30. The Bertz CT molecular complexity index is 682. The van der Waals surface area contributed by atoms with E-state index in [2.05, 4.69) is 17.9 Å². The third-order valence-electron chi connectivity index (χ3n) is 5.40. The summed E-state index contributed by atoms with van der Waals surface area (Å²) in [6.07, 6.45) is 8.78. The van der Waals surface area contributed by atoms with Gasteiger partial charge in [0, 0.05) is 18.3 Å². The fraction of sp³-hybridized carbons (Fsp3) is 0.650. The number of nitriles is 1. The van der Waals surface area contributed by atoms with E-state index < -0.39 is 0 Å². The van der Waals surface area contributed by atoms with E-state index in [0.717, 1.165) is 55.8 Å². The van der Waals surface area contributed by atoms with Crippen LogP contribution in [0.3, 0.4) is 0 Å². The second kappa shape index (κ2) is 8.23. The summed E-state index contributed by atoms with van der Waals surface area (Å²) in [4.78, 5) is 19.8. The van der Waals surface area contributed by atoms with Crippen molar-refractivity contribution in [3.05, 3.63) is 22.9 Å². The highest BCUT2D eigenvalue weighted by Crippen LogP contribution is 2.31. The minimum absolute atomic E-state index is 0.194. The van der Waals surface area contributed by atoms with Crippen LogP contribution in [0.5, 0.6) is 0 Å². The number of thioether (sulfide) groups is 1. The molecule has 1 amide bonds. The summed E-state index contributed by atoms with van der Waals surface area (Å²) in [5, 5.41) is 10.0. The first kappa shape index (κ1) is 18.3. The Labute approximate surface area is 155 Å². The molecule has 1 fully saturated rings. The molecular formula is C20H27N3OS. The van der Waals surface area contributed by atoms with E-state index in [1.807, 2.05) is 13.0 Å². The van der Waals surface area contributed by atoms with Crippen LogP contribution in [-0.4, -0.2) is 33.6 Å². The number of likely N-dealkylation sites (tertiary alicyclic amines) is 1. The van der Waals surface area contributed by atoms with Crippen molar-refractivity contribution in [1.29, 1.82) is 5.26 Å². The van der Waals surface area contributed by atoms with Crippen LogP contribution >= 0.6 is 11.8 Å². The number of hydrogen-bond acceptors (Lipinski definition) is 4. The first-order valence-corrected chi connectivity index (χ1v) is 10.4. The maximum absolute atomic E-state index is 13.0. The molecule has 0 spiro atoms. The number of piperidine rings is 1. The van der Waals surface area contributed by atoms with Crippen LogP contribution in [0.4, 0.5) is 0 Å². The van der Waals surface area contributed by atoms with E-state index >= 15 is 0 Å². The Kier molecular flexibility index (Phi) is 6.01. The van der Waals surface area contributed by atoms with Crippen LogP contribution in [-0.2, 0) is 17.6 Å². The molecule has 2 unspecified atom stereocenters. The molecule has 3 rings (SSSR count). The van der Waals surface area contributed by atoms with E-state index in [0.29, 0.717) is 11.6 Å². The van der Waals surface area contributed by atoms with Crippen molar-refractivity contribution >= 4 is 17.7 Å². The van der Waals surface area contributed by atoms with Gasteiger partial charge in [-0.1, -0.05) is 18.7 Å². The smallest absolute Gasteiger partial charge is 0.236 e. The summed E-state index contributed by atoms with van der Waals surface area (Å²) >= 11 is 1.46. The predicted molar refractivity (Wildman–Crippen MR) is 101 cm³/mol. The van der Waals surface area contributed by atoms with Gasteiger partial charge in [-0.2, -0.15) is 5.26 Å². The Morgan fingerprint density at radius 3 is 2.96 bits per heavy atom. The number of rotatable bonds is 4. The normalized spacial score (nSPS) is 21.3. The van der Waals surface area contributed by atoms with Crippen LogP contribution in [0.15, 0.2) is 11.1 Å². The van der Waals surface area contributed by atoms with Gasteiger partial charge in [-0.3, -0.25) is 4.79 Å². The summed E-state index contributed by atoms with van der Waals surface area (Å²) in [5.74, 6) is 0.194. The molecule has 1 aliphatic carbocycles. The van der Waals surface area contributed by atoms with Crippen LogP contribution in [0, 0.1) is 11.3 Å². The zero-order valence-corrected chi connectivity index (χ0v) is 16.1. The molecule has 0 saturated carbocycles. The lowest BCUT2D eigenvalue weighted by Crippen LogP contribution is -2.46. The number of nitrogens with zero attached hydrogens (tertiary/aromatic N) is 3. The summed E-state index contributed by atoms with van der Waals surface area (Å²) in [5.41, 5.74) is 2.96. The zero-order chi connectivity index (χ0) is 17.8. The molecule has 25 heavy (non-hydrogen) atoms. The molecule has 0 bridgehead atoms. The van der Waals surface area contributed by atoms with E-state index in [4.69, 9.17) is 4.98 Å². The van der Waals surface area contributed by atoms with Crippen molar-refractivity contribution in [3.8, 4) is 6.07 Å². The molecule has 134 valence electrons. The van der Waals surface area contributed by atoms with Gasteiger partial charge in [0.15, 0.2) is 0 Å². The second-order valence-electron chi connectivity index (χ2n) is 7.12. The average Bonchev–Trinajstić information content (AvgIpc) is 2.66. The molecule has 4 nitrogen and oxygen atoms in total. The summed E-state index contributed by atoms with van der Waals surface area (Å²) in [7, 11) is 0. The van der Waals surface area contributed by atoms with Gasteiger partial charge in [-0.15, -0.1) is 0 Å². The molecule has 0 aromatic carbocycles. The van der Waals surface area contributed by atoms with Gasteiger partial charge < -0.3 is 4.90 Å². The van der Waals surface area contributed by atoms with Crippen LogP contribution in [0.25, 0.3) is 0 Å². The summed E-state index contributed by atoms with van der Waals surface area (Å²) in [6, 6.07) is 4.65. The fourth-order valence-corrected chi connectivity index (χ4v) is 4.92. The first-order valence-electron chi connectivity index (χ1n) is 9.54. The quantitative estimate of drug-likeness (QED) is 0.761. The monoisotopic (exact) mass is 357 g/mol. The van der Waals surface area contributed by atoms with Crippen molar-refractivity contribution in [2.75, 3.05) is 6.54 Å². The number of fused-ring (bicyclic) bond motifs is 1. The minimum atomic E-state index is -0.201. The topological polar surface area (TPSA) is 57.0 Å². The van der Waals surface area contributed by atoms with Crippen molar-refractivity contribution in [1.82, 2.24) is 9.88 Å². The Morgan fingerprint density at radius 1 is 1.40 bits per heavy atom. The van der Waals surface area contributed by atoms with Crippen molar-refractivity contribution in [2.24, 2.45) is 0 Å². The summed E-state index contributed by atoms with van der Waals surface area (Å²) < 4.78 is 0. The molecule has 1 aromatic rings. The first-order chi connectivity index (χ1) is 12.1. The maximum atomic E-state index is 13.0. The minimum Gasteiger partial charge on any atom is -0.339 e. The molecule has 0 radical (unpaired) electrons. The molecule has 2 atom stereocenters. The number of carbonyl (C=O) groups is 1. The van der Waals surface area contributed by atoms with Crippen molar-refractivity contribution in [2.45, 2.75) is 81.5 Å². The Balaban J connectivity index is 1.77. The van der Waals surface area contributed by atoms with Crippen LogP contribution in [0.1, 0.15) is 69.2 Å². The van der Waals surface area contributed by atoms with Gasteiger partial charge in [0.1, 0.15) is 11.1 Å². The van der Waals surface area contributed by atoms with Gasteiger partial charge in [-0.05, 0) is 69.9 Å². The number of amides is 1. The lowest BCUT2D eigenvalue weighted by atomic mass is 9.95. The fourth-order valence-electron chi connectivity index (χ4n) is 3.95. The van der Waals surface area contributed by atoms with Crippen molar-refractivity contribution < 1.29 is 4.79 Å². The van der Waals surface area contributed by atoms with Gasteiger partial charge in [-0.25, -0.2) is 4.98 Å². The standard InChI is InChI=1S/C20H27N3OS/c1-3-17-9-6-7-11-23(17)20(24)14(2)25-19-16(13-21)12-15-8-4-5-10-18(15)22-19/h12,14,17H,3-11H2,1-2H3. The van der Waals surface area contributed by atoms with E-state index in [9.17, 15) is 10.1 Å². The molecule has 5 heteroatoms. The lowest BCUT2D eigenvalue weighted by Gasteiger charge is -2.36. The van der Waals surface area contributed by atoms with Gasteiger partial charge in [0.2, 0.25) is 5.91 Å². The third kappa shape index (κ3) is 4.00. The number of aromatic nitrogens is 1. The largest absolute Gasteiger partial charge is 0.339 e. The summed E-state index contributed by atoms with van der Waals surface area (Å²) in [6.45, 7) is 4.98. The average molecular weight is 358 g/mol. The van der Waals surface area contributed by atoms with Crippen LogP contribution < -0.4 is 0 Å². The maximum Gasteiger partial charge on any atom is 0.236 e. The highest BCUT2D eigenvalue weighted by atomic mass is 32.2. The molecule has 1 saturated heterocycles. The van der Waals surface area contributed by atoms with Crippen molar-refractivity contribution in [3.63, 3.8) is 0 Å². The van der Waals surface area contributed by atoms with Gasteiger partial charge in [0.05, 0.1) is 10.8 Å². The number of hydrogen-bond donors (Lipinski definition) is 0. The second-order valence-corrected chi connectivity index (χ2v) is 8.44. The molecule has 1 aromatic heterocycles. The molecular weight excluding hydrogens is 330 g/mol. The number of carbonyl (C=O) groups excluding carboxylic acids is 1. The predicted octanol–water partition coefficient (Wildman–Crippen LogP) is 4.10. The van der Waals surface area contributed by atoms with E-state index in [1.54, 1.807) is 0 Å². The van der Waals surface area contributed by atoms with E-state index in [1.165, 1.54) is 30.2 Å².